The quantitative estimate of drug-likeness (QED) is 0.207. The highest BCUT2D eigenvalue weighted by Gasteiger charge is 2.14. The molecule has 1 N–H and O–H groups in total. The third-order valence-corrected chi connectivity index (χ3v) is 4.76. The second-order valence-electron chi connectivity index (χ2n) is 6.34. The lowest BCUT2D eigenvalue weighted by atomic mass is 10.2. The summed E-state index contributed by atoms with van der Waals surface area (Å²) >= 11 is 3.43. The molecule has 0 aliphatic carbocycles. The van der Waals surface area contributed by atoms with Gasteiger partial charge in [0.05, 0.1) is 24.4 Å². The number of nitrogens with zero attached hydrogens (tertiary/aromatic N) is 1. The molecule has 0 spiro atoms. The Morgan fingerprint density at radius 3 is 2.48 bits per heavy atom. The van der Waals surface area contributed by atoms with Crippen molar-refractivity contribution in [2.24, 2.45) is 4.99 Å². The molecule has 3 aromatic rings. The molecule has 158 valence electrons. The highest BCUT2D eigenvalue weighted by Crippen LogP contribution is 2.36. The molecule has 0 saturated carbocycles. The van der Waals surface area contributed by atoms with Gasteiger partial charge in [0, 0.05) is 12.3 Å². The van der Waals surface area contributed by atoms with Gasteiger partial charge in [-0.15, -0.1) is 0 Å². The summed E-state index contributed by atoms with van der Waals surface area (Å²) in [5, 5.41) is 9.35. The van der Waals surface area contributed by atoms with Crippen molar-refractivity contribution in [1.29, 1.82) is 0 Å². The molecule has 0 saturated heterocycles. The van der Waals surface area contributed by atoms with Crippen LogP contribution in [-0.2, 0) is 4.79 Å². The van der Waals surface area contributed by atoms with E-state index in [0.717, 1.165) is 11.1 Å². The van der Waals surface area contributed by atoms with Crippen LogP contribution >= 0.6 is 15.9 Å². The maximum Gasteiger partial charge on any atom is 0.336 e. The Kier molecular flexibility index (Phi) is 7.45. The number of phenols is 1. The number of rotatable bonds is 7. The van der Waals surface area contributed by atoms with E-state index < -0.39 is 5.97 Å². The number of phenolic OH excluding ortho intramolecular Hbond substituents is 1. The number of carbonyl (C=O) groups is 1. The van der Waals surface area contributed by atoms with E-state index >= 15 is 0 Å². The van der Waals surface area contributed by atoms with Crippen LogP contribution in [0.25, 0.3) is 6.08 Å². The van der Waals surface area contributed by atoms with Crippen molar-refractivity contribution in [3.63, 3.8) is 0 Å². The molecule has 31 heavy (non-hydrogen) atoms. The van der Waals surface area contributed by atoms with Gasteiger partial charge < -0.3 is 19.3 Å². The van der Waals surface area contributed by atoms with E-state index in [0.29, 0.717) is 21.7 Å². The Morgan fingerprint density at radius 2 is 1.77 bits per heavy atom. The smallest absolute Gasteiger partial charge is 0.336 e. The Labute approximate surface area is 188 Å². The predicted octanol–water partition coefficient (Wildman–Crippen LogP) is 5.54. The van der Waals surface area contributed by atoms with Crippen molar-refractivity contribution in [2.45, 2.75) is 0 Å². The average molecular weight is 482 g/mol. The van der Waals surface area contributed by atoms with Crippen molar-refractivity contribution >= 4 is 39.9 Å². The first-order chi connectivity index (χ1) is 15.0. The fourth-order valence-corrected chi connectivity index (χ4v) is 3.19. The Balaban J connectivity index is 1.75. The Bertz CT molecular complexity index is 1120. The predicted molar refractivity (Wildman–Crippen MR) is 124 cm³/mol. The molecular weight excluding hydrogens is 462 g/mol. The van der Waals surface area contributed by atoms with E-state index in [4.69, 9.17) is 14.2 Å². The van der Waals surface area contributed by atoms with Crippen molar-refractivity contribution in [3.05, 3.63) is 82.3 Å². The van der Waals surface area contributed by atoms with E-state index in [1.54, 1.807) is 55.8 Å². The molecule has 3 rings (SSSR count). The first kappa shape index (κ1) is 22.1. The van der Waals surface area contributed by atoms with Crippen LogP contribution in [0.4, 0.5) is 5.69 Å². The molecule has 0 aliphatic rings. The van der Waals surface area contributed by atoms with Crippen LogP contribution < -0.4 is 14.2 Å². The summed E-state index contributed by atoms with van der Waals surface area (Å²) in [6, 6.07) is 17.3. The van der Waals surface area contributed by atoms with Gasteiger partial charge in [-0.1, -0.05) is 12.1 Å². The van der Waals surface area contributed by atoms with Gasteiger partial charge in [-0.05, 0) is 81.7 Å². The number of halogens is 1. The number of hydrogen-bond acceptors (Lipinski definition) is 6. The van der Waals surface area contributed by atoms with E-state index in [9.17, 15) is 9.90 Å². The van der Waals surface area contributed by atoms with Crippen molar-refractivity contribution < 1.29 is 24.1 Å². The van der Waals surface area contributed by atoms with Gasteiger partial charge >= 0.3 is 5.97 Å². The number of aromatic hydroxyl groups is 1. The molecule has 0 aromatic heterocycles. The van der Waals surface area contributed by atoms with E-state index in [1.165, 1.54) is 13.2 Å². The minimum absolute atomic E-state index is 0.176. The van der Waals surface area contributed by atoms with Gasteiger partial charge in [0.25, 0.3) is 0 Å². The fraction of sp³-hybridized carbons (Fsp3) is 0.0833. The Hall–Kier alpha value is -3.58. The van der Waals surface area contributed by atoms with Crippen LogP contribution in [0.2, 0.25) is 0 Å². The summed E-state index contributed by atoms with van der Waals surface area (Å²) in [5.41, 5.74) is 2.23. The lowest BCUT2D eigenvalue weighted by Gasteiger charge is -2.11. The maximum absolute atomic E-state index is 12.3. The molecule has 0 bridgehead atoms. The van der Waals surface area contributed by atoms with Crippen LogP contribution in [-0.4, -0.2) is 31.5 Å². The largest absolute Gasteiger partial charge is 0.508 e. The number of hydrogen-bond donors (Lipinski definition) is 1. The zero-order valence-corrected chi connectivity index (χ0v) is 18.5. The van der Waals surface area contributed by atoms with E-state index in [-0.39, 0.29) is 11.5 Å². The monoisotopic (exact) mass is 481 g/mol. The van der Waals surface area contributed by atoms with Crippen molar-refractivity contribution in [3.8, 4) is 23.0 Å². The molecule has 0 amide bonds. The third-order valence-electron chi connectivity index (χ3n) is 4.17. The van der Waals surface area contributed by atoms with Crippen molar-refractivity contribution in [1.82, 2.24) is 0 Å². The highest BCUT2D eigenvalue weighted by atomic mass is 79.9. The number of methoxy groups -OCH3 is 2. The SMILES string of the molecule is COc1cccc(/C=C/C(=O)Oc2c(Br)cc(C=Nc3ccc(O)cc3)cc2OC)c1. The molecule has 0 aliphatic heterocycles. The molecule has 0 unspecified atom stereocenters. The number of aliphatic imine (C=N–C) groups is 1. The van der Waals surface area contributed by atoms with Crippen LogP contribution in [0.5, 0.6) is 23.0 Å². The zero-order chi connectivity index (χ0) is 22.2. The number of carbonyl (C=O) groups excluding carboxylic acids is 1. The second kappa shape index (κ2) is 10.4. The molecule has 0 atom stereocenters. The highest BCUT2D eigenvalue weighted by molar-refractivity contribution is 9.10. The summed E-state index contributed by atoms with van der Waals surface area (Å²) < 4.78 is 16.6. The molecule has 0 fully saturated rings. The van der Waals surface area contributed by atoms with Crippen LogP contribution in [0.15, 0.2) is 76.2 Å². The average Bonchev–Trinajstić information content (AvgIpc) is 2.79. The molecule has 0 radical (unpaired) electrons. The molecule has 3 aromatic carbocycles. The van der Waals surface area contributed by atoms with Gasteiger partial charge in [0.2, 0.25) is 0 Å². The van der Waals surface area contributed by atoms with Gasteiger partial charge in [-0.25, -0.2) is 4.79 Å². The van der Waals surface area contributed by atoms with Gasteiger partial charge in [-0.3, -0.25) is 4.99 Å². The molecular formula is C24H20BrNO5. The van der Waals surface area contributed by atoms with Gasteiger partial charge in [0.1, 0.15) is 11.5 Å². The zero-order valence-electron chi connectivity index (χ0n) is 16.9. The molecule has 0 heterocycles. The van der Waals surface area contributed by atoms with E-state index in [2.05, 4.69) is 20.9 Å². The summed E-state index contributed by atoms with van der Waals surface area (Å²) in [6.07, 6.45) is 4.62. The minimum Gasteiger partial charge on any atom is -0.508 e. The second-order valence-corrected chi connectivity index (χ2v) is 7.19. The lowest BCUT2D eigenvalue weighted by molar-refractivity contribution is -0.129. The summed E-state index contributed by atoms with van der Waals surface area (Å²) in [4.78, 5) is 16.7. The summed E-state index contributed by atoms with van der Waals surface area (Å²) in [6.45, 7) is 0. The van der Waals surface area contributed by atoms with Gasteiger partial charge in [-0.2, -0.15) is 0 Å². The molecule has 6 nitrogen and oxygen atoms in total. The fourth-order valence-electron chi connectivity index (χ4n) is 2.65. The minimum atomic E-state index is -0.549. The number of esters is 1. The lowest BCUT2D eigenvalue weighted by Crippen LogP contribution is -2.06. The standard InChI is InChI=1S/C24H20BrNO5/c1-29-20-5-3-4-16(12-20)6-11-23(28)31-24-21(25)13-17(14-22(24)30-2)15-26-18-7-9-19(27)10-8-18/h3-15,27H,1-2H3/b11-6+,26-15?. The van der Waals surface area contributed by atoms with Crippen LogP contribution in [0, 0.1) is 0 Å². The Morgan fingerprint density at radius 1 is 1.00 bits per heavy atom. The third kappa shape index (κ3) is 6.20. The van der Waals surface area contributed by atoms with Crippen LogP contribution in [0.1, 0.15) is 11.1 Å². The first-order valence-electron chi connectivity index (χ1n) is 9.23. The summed E-state index contributed by atoms with van der Waals surface area (Å²) in [5.74, 6) is 0.973. The molecule has 7 heteroatoms. The number of ether oxygens (including phenoxy) is 3. The van der Waals surface area contributed by atoms with Crippen LogP contribution in [0.3, 0.4) is 0 Å². The summed E-state index contributed by atoms with van der Waals surface area (Å²) in [7, 11) is 3.08. The topological polar surface area (TPSA) is 77.4 Å². The number of benzene rings is 3. The van der Waals surface area contributed by atoms with Crippen molar-refractivity contribution in [2.75, 3.05) is 14.2 Å². The van der Waals surface area contributed by atoms with Gasteiger partial charge in [0.15, 0.2) is 11.5 Å². The van der Waals surface area contributed by atoms with E-state index in [1.807, 2.05) is 24.3 Å². The maximum atomic E-state index is 12.3. The first-order valence-corrected chi connectivity index (χ1v) is 10.0. The normalized spacial score (nSPS) is 11.1.